The highest BCUT2D eigenvalue weighted by Crippen LogP contribution is 2.35. The smallest absolute Gasteiger partial charge is 0.242 e. The van der Waals surface area contributed by atoms with E-state index in [1.54, 1.807) is 7.11 Å². The van der Waals surface area contributed by atoms with Crippen LogP contribution < -0.4 is 4.72 Å². The van der Waals surface area contributed by atoms with Crippen molar-refractivity contribution in [3.63, 3.8) is 0 Å². The van der Waals surface area contributed by atoms with Crippen LogP contribution in [-0.2, 0) is 21.4 Å². The van der Waals surface area contributed by atoms with Gasteiger partial charge in [-0.05, 0) is 41.3 Å². The molecule has 1 aromatic heterocycles. The van der Waals surface area contributed by atoms with Gasteiger partial charge in [-0.2, -0.15) is 0 Å². The number of aliphatic hydroxyl groups is 1. The fourth-order valence-electron chi connectivity index (χ4n) is 1.99. The first kappa shape index (κ1) is 15.4. The lowest BCUT2D eigenvalue weighted by Gasteiger charge is -2.40. The second-order valence-corrected chi connectivity index (χ2v) is 8.76. The molecule has 2 rings (SSSR count). The molecule has 19 heavy (non-hydrogen) atoms. The third kappa shape index (κ3) is 3.20. The third-order valence-electron chi connectivity index (χ3n) is 3.43. The quantitative estimate of drug-likeness (QED) is 0.802. The molecule has 1 aromatic rings. The standard InChI is InChI=1S/C11H16BrNO4S2/c1-17-11(3-2-4-11)7-13-19(15,16)9-5-8(6-14)18-10(9)12/h5,13-14H,2-4,6-7H2,1H3. The van der Waals surface area contributed by atoms with E-state index in [0.29, 0.717) is 8.66 Å². The van der Waals surface area contributed by atoms with Gasteiger partial charge in [0.15, 0.2) is 0 Å². The second kappa shape index (κ2) is 5.79. The number of thiophene rings is 1. The lowest BCUT2D eigenvalue weighted by atomic mass is 9.80. The fourth-order valence-corrected chi connectivity index (χ4v) is 5.64. The Balaban J connectivity index is 2.11. The Bertz CT molecular complexity index is 546. The number of rotatable bonds is 6. The number of nitrogens with one attached hydrogen (secondary N) is 1. The summed E-state index contributed by atoms with van der Waals surface area (Å²) >= 11 is 4.44. The lowest BCUT2D eigenvalue weighted by Crippen LogP contribution is -2.49. The van der Waals surface area contributed by atoms with Crippen LogP contribution in [0.2, 0.25) is 0 Å². The molecule has 108 valence electrons. The Morgan fingerprint density at radius 3 is 2.68 bits per heavy atom. The summed E-state index contributed by atoms with van der Waals surface area (Å²) in [7, 11) is -1.97. The summed E-state index contributed by atoms with van der Waals surface area (Å²) in [5, 5.41) is 9.04. The number of hydrogen-bond acceptors (Lipinski definition) is 5. The van der Waals surface area contributed by atoms with E-state index in [1.165, 1.54) is 17.4 Å². The lowest BCUT2D eigenvalue weighted by molar-refractivity contribution is -0.0659. The van der Waals surface area contributed by atoms with Gasteiger partial charge in [0.1, 0.15) is 4.90 Å². The van der Waals surface area contributed by atoms with Crippen molar-refractivity contribution >= 4 is 37.3 Å². The predicted molar refractivity (Wildman–Crippen MR) is 76.7 cm³/mol. The van der Waals surface area contributed by atoms with Gasteiger partial charge in [-0.25, -0.2) is 13.1 Å². The molecular formula is C11H16BrNO4S2. The Kier molecular flexibility index (Phi) is 4.69. The molecule has 1 fully saturated rings. The largest absolute Gasteiger partial charge is 0.391 e. The van der Waals surface area contributed by atoms with Gasteiger partial charge < -0.3 is 9.84 Å². The molecule has 1 aliphatic carbocycles. The van der Waals surface area contributed by atoms with Crippen molar-refractivity contribution in [2.45, 2.75) is 36.4 Å². The zero-order valence-electron chi connectivity index (χ0n) is 10.5. The first-order valence-corrected chi connectivity index (χ1v) is 8.96. The van der Waals surface area contributed by atoms with E-state index < -0.39 is 10.0 Å². The molecule has 2 N–H and O–H groups in total. The number of methoxy groups -OCH3 is 1. The van der Waals surface area contributed by atoms with Gasteiger partial charge in [0.25, 0.3) is 0 Å². The molecule has 0 aliphatic heterocycles. The van der Waals surface area contributed by atoms with Crippen molar-refractivity contribution in [1.82, 2.24) is 4.72 Å². The number of halogens is 1. The Labute approximate surface area is 125 Å². The molecule has 1 aliphatic rings. The number of ether oxygens (including phenoxy) is 1. The number of sulfonamides is 1. The van der Waals surface area contributed by atoms with Crippen LogP contribution in [-0.4, -0.2) is 32.8 Å². The highest BCUT2D eigenvalue weighted by atomic mass is 79.9. The fraction of sp³-hybridized carbons (Fsp3) is 0.636. The molecule has 1 saturated carbocycles. The Hall–Kier alpha value is 0.01000. The van der Waals surface area contributed by atoms with Gasteiger partial charge in [-0.3, -0.25) is 0 Å². The van der Waals surface area contributed by atoms with Crippen LogP contribution in [0.15, 0.2) is 14.7 Å². The maximum absolute atomic E-state index is 12.2. The molecule has 0 saturated heterocycles. The monoisotopic (exact) mass is 369 g/mol. The number of hydrogen-bond donors (Lipinski definition) is 2. The SMILES string of the molecule is COC1(CNS(=O)(=O)c2cc(CO)sc2Br)CCC1. The summed E-state index contributed by atoms with van der Waals surface area (Å²) in [6.45, 7) is 0.114. The van der Waals surface area contributed by atoms with E-state index in [9.17, 15) is 8.42 Å². The van der Waals surface area contributed by atoms with E-state index >= 15 is 0 Å². The minimum Gasteiger partial charge on any atom is -0.391 e. The zero-order valence-corrected chi connectivity index (χ0v) is 13.7. The van der Waals surface area contributed by atoms with E-state index in [2.05, 4.69) is 20.7 Å². The Morgan fingerprint density at radius 1 is 1.58 bits per heavy atom. The molecular weight excluding hydrogens is 354 g/mol. The van der Waals surface area contributed by atoms with E-state index in [0.717, 1.165) is 19.3 Å². The van der Waals surface area contributed by atoms with Crippen molar-refractivity contribution in [2.75, 3.05) is 13.7 Å². The van der Waals surface area contributed by atoms with Gasteiger partial charge in [0, 0.05) is 18.5 Å². The van der Waals surface area contributed by atoms with Crippen LogP contribution in [0.1, 0.15) is 24.1 Å². The zero-order chi connectivity index (χ0) is 14.1. The summed E-state index contributed by atoms with van der Waals surface area (Å²) in [5.74, 6) is 0. The summed E-state index contributed by atoms with van der Waals surface area (Å²) in [4.78, 5) is 0.782. The first-order valence-electron chi connectivity index (χ1n) is 5.86. The van der Waals surface area contributed by atoms with Crippen LogP contribution in [0.3, 0.4) is 0 Å². The third-order valence-corrected chi connectivity index (χ3v) is 7.07. The predicted octanol–water partition coefficient (Wildman–Crippen LogP) is 1.85. The topological polar surface area (TPSA) is 75.6 Å². The van der Waals surface area contributed by atoms with Crippen LogP contribution >= 0.6 is 27.3 Å². The van der Waals surface area contributed by atoms with E-state index in [4.69, 9.17) is 9.84 Å². The molecule has 8 heteroatoms. The molecule has 0 atom stereocenters. The van der Waals surface area contributed by atoms with Gasteiger partial charge in [0.05, 0.1) is 16.0 Å². The van der Waals surface area contributed by atoms with Crippen LogP contribution in [0.4, 0.5) is 0 Å². The number of aliphatic hydroxyl groups excluding tert-OH is 1. The van der Waals surface area contributed by atoms with Crippen LogP contribution in [0.5, 0.6) is 0 Å². The summed E-state index contributed by atoms with van der Waals surface area (Å²) in [6.07, 6.45) is 2.81. The molecule has 0 unspecified atom stereocenters. The normalized spacial score (nSPS) is 18.3. The van der Waals surface area contributed by atoms with Crippen molar-refractivity contribution < 1.29 is 18.3 Å². The van der Waals surface area contributed by atoms with Gasteiger partial charge in [-0.1, -0.05) is 0 Å². The molecule has 1 heterocycles. The van der Waals surface area contributed by atoms with Crippen LogP contribution in [0.25, 0.3) is 0 Å². The van der Waals surface area contributed by atoms with Crippen molar-refractivity contribution in [1.29, 1.82) is 0 Å². The average Bonchev–Trinajstić information content (AvgIpc) is 2.70. The highest BCUT2D eigenvalue weighted by molar-refractivity contribution is 9.11. The highest BCUT2D eigenvalue weighted by Gasteiger charge is 2.38. The Morgan fingerprint density at radius 2 is 2.26 bits per heavy atom. The summed E-state index contributed by atoms with van der Waals surface area (Å²) < 4.78 is 32.9. The minimum absolute atomic E-state index is 0.166. The summed E-state index contributed by atoms with van der Waals surface area (Å²) in [5.41, 5.74) is -0.352. The first-order chi connectivity index (χ1) is 8.92. The second-order valence-electron chi connectivity index (χ2n) is 4.57. The van der Waals surface area contributed by atoms with Gasteiger partial charge in [-0.15, -0.1) is 11.3 Å². The van der Waals surface area contributed by atoms with Crippen LogP contribution in [0, 0.1) is 0 Å². The molecule has 0 bridgehead atoms. The molecule has 0 amide bonds. The van der Waals surface area contributed by atoms with Gasteiger partial charge >= 0.3 is 0 Å². The van der Waals surface area contributed by atoms with Crippen molar-refractivity contribution in [2.24, 2.45) is 0 Å². The molecule has 0 radical (unpaired) electrons. The maximum atomic E-state index is 12.2. The molecule has 5 nitrogen and oxygen atoms in total. The maximum Gasteiger partial charge on any atom is 0.242 e. The van der Waals surface area contributed by atoms with E-state index in [-0.39, 0.29) is 23.6 Å². The summed E-state index contributed by atoms with van der Waals surface area (Å²) in [6, 6.07) is 1.48. The minimum atomic E-state index is -3.58. The van der Waals surface area contributed by atoms with Crippen molar-refractivity contribution in [3.05, 3.63) is 14.7 Å². The van der Waals surface area contributed by atoms with Crippen molar-refractivity contribution in [3.8, 4) is 0 Å². The van der Waals surface area contributed by atoms with E-state index in [1.807, 2.05) is 0 Å². The molecule has 0 spiro atoms. The van der Waals surface area contributed by atoms with Gasteiger partial charge in [0.2, 0.25) is 10.0 Å². The molecule has 0 aromatic carbocycles. The average molecular weight is 370 g/mol.